The average molecular weight is 214 g/mol. The zero-order valence-electron chi connectivity index (χ0n) is 7.88. The van der Waals surface area contributed by atoms with Gasteiger partial charge in [0.1, 0.15) is 0 Å². The van der Waals surface area contributed by atoms with Gasteiger partial charge in [-0.1, -0.05) is 17.7 Å². The van der Waals surface area contributed by atoms with E-state index in [0.29, 0.717) is 18.0 Å². The van der Waals surface area contributed by atoms with Gasteiger partial charge in [-0.05, 0) is 36.6 Å². The first-order valence-electron chi connectivity index (χ1n) is 4.31. The fraction of sp³-hybridized carbons (Fsp3) is 0.300. The minimum Gasteiger partial charge on any atom is -0.465 e. The minimum atomic E-state index is -0.996. The Morgan fingerprint density at radius 2 is 2.29 bits per heavy atom. The van der Waals surface area contributed by atoms with Crippen molar-refractivity contribution in [3.63, 3.8) is 0 Å². The molecule has 0 bridgehead atoms. The molecule has 1 amide bonds. The summed E-state index contributed by atoms with van der Waals surface area (Å²) in [6.45, 7) is 2.39. The van der Waals surface area contributed by atoms with Crippen LogP contribution in [0.25, 0.3) is 0 Å². The Balaban J connectivity index is 2.57. The predicted molar refractivity (Wildman–Crippen MR) is 55.9 cm³/mol. The first-order valence-corrected chi connectivity index (χ1v) is 4.69. The molecule has 0 saturated carbocycles. The first kappa shape index (κ1) is 10.9. The molecule has 76 valence electrons. The molecule has 0 radical (unpaired) electrons. The highest BCUT2D eigenvalue weighted by molar-refractivity contribution is 6.30. The van der Waals surface area contributed by atoms with Crippen LogP contribution in [0.1, 0.15) is 11.1 Å². The van der Waals surface area contributed by atoms with E-state index in [2.05, 4.69) is 5.32 Å². The number of amides is 1. The van der Waals surface area contributed by atoms with E-state index in [-0.39, 0.29) is 0 Å². The van der Waals surface area contributed by atoms with Crippen LogP contribution < -0.4 is 5.32 Å². The van der Waals surface area contributed by atoms with Crippen molar-refractivity contribution < 1.29 is 9.90 Å². The average Bonchev–Trinajstić information content (AvgIpc) is 2.10. The summed E-state index contributed by atoms with van der Waals surface area (Å²) in [6, 6.07) is 5.61. The number of nitrogens with one attached hydrogen (secondary N) is 1. The number of halogens is 1. The summed E-state index contributed by atoms with van der Waals surface area (Å²) in [4.78, 5) is 10.2. The van der Waals surface area contributed by atoms with Gasteiger partial charge in [0.2, 0.25) is 0 Å². The van der Waals surface area contributed by atoms with Gasteiger partial charge < -0.3 is 10.4 Å². The molecule has 0 aromatic heterocycles. The highest BCUT2D eigenvalue weighted by Gasteiger charge is 2.00. The lowest BCUT2D eigenvalue weighted by molar-refractivity contribution is 0.194. The molecule has 1 aromatic rings. The second-order valence-corrected chi connectivity index (χ2v) is 3.49. The van der Waals surface area contributed by atoms with E-state index in [1.165, 1.54) is 0 Å². The fourth-order valence-corrected chi connectivity index (χ4v) is 1.41. The molecule has 0 heterocycles. The van der Waals surface area contributed by atoms with Crippen LogP contribution >= 0.6 is 11.6 Å². The summed E-state index contributed by atoms with van der Waals surface area (Å²) in [5.41, 5.74) is 2.20. The van der Waals surface area contributed by atoms with Gasteiger partial charge in [0.25, 0.3) is 0 Å². The maximum Gasteiger partial charge on any atom is 0.404 e. The van der Waals surface area contributed by atoms with Gasteiger partial charge in [-0.15, -0.1) is 0 Å². The highest BCUT2D eigenvalue weighted by atomic mass is 35.5. The highest BCUT2D eigenvalue weighted by Crippen LogP contribution is 2.15. The van der Waals surface area contributed by atoms with Crippen molar-refractivity contribution in [2.45, 2.75) is 13.3 Å². The normalized spacial score (nSPS) is 9.86. The number of hydrogen-bond donors (Lipinski definition) is 2. The molecular weight excluding hydrogens is 202 g/mol. The second-order valence-electron chi connectivity index (χ2n) is 3.05. The molecule has 3 nitrogen and oxygen atoms in total. The quantitative estimate of drug-likeness (QED) is 0.811. The van der Waals surface area contributed by atoms with Gasteiger partial charge in [0, 0.05) is 11.6 Å². The van der Waals surface area contributed by atoms with E-state index in [4.69, 9.17) is 16.7 Å². The van der Waals surface area contributed by atoms with Crippen LogP contribution in [-0.4, -0.2) is 17.7 Å². The topological polar surface area (TPSA) is 49.3 Å². The SMILES string of the molecule is Cc1ccc(Cl)cc1CCNC(=O)O. The number of carboxylic acid groups (broad SMARTS) is 1. The van der Waals surface area contributed by atoms with Gasteiger partial charge in [-0.2, -0.15) is 0 Å². The molecule has 0 spiro atoms. The van der Waals surface area contributed by atoms with Crippen LogP contribution in [-0.2, 0) is 6.42 Å². The smallest absolute Gasteiger partial charge is 0.404 e. The molecule has 0 atom stereocenters. The van der Waals surface area contributed by atoms with E-state index in [1.807, 2.05) is 25.1 Å². The number of carbonyl (C=O) groups is 1. The first-order chi connectivity index (χ1) is 6.59. The predicted octanol–water partition coefficient (Wildman–Crippen LogP) is 2.46. The summed E-state index contributed by atoms with van der Waals surface area (Å²) >= 11 is 5.82. The molecule has 2 N–H and O–H groups in total. The molecule has 0 saturated heterocycles. The van der Waals surface area contributed by atoms with Crippen molar-refractivity contribution in [2.75, 3.05) is 6.54 Å². The van der Waals surface area contributed by atoms with Crippen molar-refractivity contribution in [1.29, 1.82) is 0 Å². The van der Waals surface area contributed by atoms with E-state index in [9.17, 15) is 4.79 Å². The van der Waals surface area contributed by atoms with E-state index in [0.717, 1.165) is 11.1 Å². The molecular formula is C10H12ClNO2. The Bertz CT molecular complexity index is 339. The summed E-state index contributed by atoms with van der Waals surface area (Å²) in [5.74, 6) is 0. The molecule has 0 aliphatic rings. The maximum absolute atomic E-state index is 10.2. The molecule has 0 aliphatic heterocycles. The van der Waals surface area contributed by atoms with E-state index in [1.54, 1.807) is 0 Å². The molecule has 1 aromatic carbocycles. The van der Waals surface area contributed by atoms with Crippen molar-refractivity contribution in [3.8, 4) is 0 Å². The maximum atomic E-state index is 10.2. The van der Waals surface area contributed by atoms with Crippen molar-refractivity contribution >= 4 is 17.7 Å². The number of hydrogen-bond acceptors (Lipinski definition) is 1. The molecule has 0 fully saturated rings. The van der Waals surface area contributed by atoms with Crippen molar-refractivity contribution in [3.05, 3.63) is 34.3 Å². The third-order valence-electron chi connectivity index (χ3n) is 1.98. The van der Waals surface area contributed by atoms with Crippen LogP contribution in [0, 0.1) is 6.92 Å². The van der Waals surface area contributed by atoms with Gasteiger partial charge in [0.15, 0.2) is 0 Å². The molecule has 4 heteroatoms. The molecule has 0 unspecified atom stereocenters. The standard InChI is InChI=1S/C10H12ClNO2/c1-7-2-3-9(11)6-8(7)4-5-12-10(13)14/h2-3,6,12H,4-5H2,1H3,(H,13,14). The van der Waals surface area contributed by atoms with Crippen LogP contribution in [0.5, 0.6) is 0 Å². The Kier molecular flexibility index (Phi) is 3.77. The zero-order chi connectivity index (χ0) is 10.6. The number of aryl methyl sites for hydroxylation is 1. The number of benzene rings is 1. The van der Waals surface area contributed by atoms with Crippen LogP contribution in [0.4, 0.5) is 4.79 Å². The summed E-state index contributed by atoms with van der Waals surface area (Å²) in [5, 5.41) is 11.4. The molecule has 1 rings (SSSR count). The third-order valence-corrected chi connectivity index (χ3v) is 2.22. The van der Waals surface area contributed by atoms with E-state index < -0.39 is 6.09 Å². The van der Waals surface area contributed by atoms with Crippen molar-refractivity contribution in [1.82, 2.24) is 5.32 Å². The largest absolute Gasteiger partial charge is 0.465 e. The van der Waals surface area contributed by atoms with E-state index >= 15 is 0 Å². The van der Waals surface area contributed by atoms with Crippen LogP contribution in [0.3, 0.4) is 0 Å². The lowest BCUT2D eigenvalue weighted by atomic mass is 10.1. The zero-order valence-corrected chi connectivity index (χ0v) is 8.64. The summed E-state index contributed by atoms with van der Waals surface area (Å²) in [7, 11) is 0. The Hall–Kier alpha value is -1.22. The summed E-state index contributed by atoms with van der Waals surface area (Å²) < 4.78 is 0. The van der Waals surface area contributed by atoms with Crippen LogP contribution in [0.15, 0.2) is 18.2 Å². The Morgan fingerprint density at radius 3 is 2.93 bits per heavy atom. The second kappa shape index (κ2) is 4.86. The van der Waals surface area contributed by atoms with Gasteiger partial charge in [0.05, 0.1) is 0 Å². The Labute approximate surface area is 87.7 Å². The lowest BCUT2D eigenvalue weighted by Gasteiger charge is -2.05. The van der Waals surface area contributed by atoms with Gasteiger partial charge >= 0.3 is 6.09 Å². The van der Waals surface area contributed by atoms with Crippen molar-refractivity contribution in [2.24, 2.45) is 0 Å². The fourth-order valence-electron chi connectivity index (χ4n) is 1.21. The van der Waals surface area contributed by atoms with Gasteiger partial charge in [-0.25, -0.2) is 4.79 Å². The molecule has 14 heavy (non-hydrogen) atoms. The summed E-state index contributed by atoms with van der Waals surface area (Å²) in [6.07, 6.45) is -0.330. The molecule has 0 aliphatic carbocycles. The third kappa shape index (κ3) is 3.26. The van der Waals surface area contributed by atoms with Crippen LogP contribution in [0.2, 0.25) is 5.02 Å². The lowest BCUT2D eigenvalue weighted by Crippen LogP contribution is -2.23. The minimum absolute atomic E-state index is 0.413. The Morgan fingerprint density at radius 1 is 1.57 bits per heavy atom. The monoisotopic (exact) mass is 213 g/mol. The number of rotatable bonds is 3. The van der Waals surface area contributed by atoms with Gasteiger partial charge in [-0.3, -0.25) is 0 Å².